The molecular weight excluding hydrogens is 400 g/mol. The van der Waals surface area contributed by atoms with E-state index in [0.717, 1.165) is 42.0 Å². The average Bonchev–Trinajstić information content (AvgIpc) is 3.43. The molecule has 4 rings (SSSR count). The molecule has 30 heavy (non-hydrogen) atoms. The summed E-state index contributed by atoms with van der Waals surface area (Å²) in [4.78, 5) is 27.5. The van der Waals surface area contributed by atoms with E-state index in [1.807, 2.05) is 48.2 Å². The van der Waals surface area contributed by atoms with Crippen LogP contribution in [0.2, 0.25) is 5.02 Å². The molecule has 5 nitrogen and oxygen atoms in total. The van der Waals surface area contributed by atoms with Crippen LogP contribution < -0.4 is 5.32 Å². The first-order chi connectivity index (χ1) is 14.5. The largest absolute Gasteiger partial charge is 0.459 e. The van der Waals surface area contributed by atoms with E-state index >= 15 is 0 Å². The zero-order valence-corrected chi connectivity index (χ0v) is 17.5. The number of anilines is 1. The summed E-state index contributed by atoms with van der Waals surface area (Å²) >= 11 is 6.32. The predicted molar refractivity (Wildman–Crippen MR) is 117 cm³/mol. The number of rotatable bonds is 5. The maximum absolute atomic E-state index is 13.3. The van der Waals surface area contributed by atoms with Gasteiger partial charge in [0.05, 0.1) is 6.26 Å². The zero-order valence-electron chi connectivity index (χ0n) is 16.7. The van der Waals surface area contributed by atoms with Gasteiger partial charge in [-0.3, -0.25) is 9.59 Å². The van der Waals surface area contributed by atoms with Gasteiger partial charge in [0.15, 0.2) is 5.76 Å². The molecule has 6 heteroatoms. The second-order valence-corrected chi connectivity index (χ2v) is 7.96. The number of nitrogens with zero attached hydrogens (tertiary/aromatic N) is 1. The van der Waals surface area contributed by atoms with E-state index in [2.05, 4.69) is 5.32 Å². The first-order valence-electron chi connectivity index (χ1n) is 10.0. The Labute approximate surface area is 180 Å². The molecule has 0 radical (unpaired) electrons. The monoisotopic (exact) mass is 422 g/mol. The van der Waals surface area contributed by atoms with Gasteiger partial charge in [0.25, 0.3) is 11.8 Å². The highest BCUT2D eigenvalue weighted by Crippen LogP contribution is 2.27. The quantitative estimate of drug-likeness (QED) is 0.603. The average molecular weight is 423 g/mol. The number of carbonyl (C=O) groups excluding carboxylic acids is 2. The number of likely N-dealkylation sites (tertiary alicyclic amines) is 1. The smallest absolute Gasteiger partial charge is 0.291 e. The number of halogens is 1. The van der Waals surface area contributed by atoms with Gasteiger partial charge in [0.2, 0.25) is 0 Å². The van der Waals surface area contributed by atoms with Crippen LogP contribution >= 0.6 is 11.6 Å². The van der Waals surface area contributed by atoms with Gasteiger partial charge in [-0.1, -0.05) is 35.9 Å². The summed E-state index contributed by atoms with van der Waals surface area (Å²) in [6, 6.07) is 16.5. The Morgan fingerprint density at radius 1 is 1.17 bits per heavy atom. The van der Waals surface area contributed by atoms with Gasteiger partial charge < -0.3 is 14.6 Å². The van der Waals surface area contributed by atoms with Gasteiger partial charge in [-0.15, -0.1) is 0 Å². The maximum atomic E-state index is 13.3. The molecule has 154 valence electrons. The molecule has 3 aromatic rings. The predicted octanol–water partition coefficient (Wildman–Crippen LogP) is 5.34. The fourth-order valence-electron chi connectivity index (χ4n) is 3.88. The third kappa shape index (κ3) is 4.26. The van der Waals surface area contributed by atoms with Crippen molar-refractivity contribution in [3.8, 4) is 0 Å². The lowest BCUT2D eigenvalue weighted by atomic mass is 10.0. The number of carbonyl (C=O) groups is 2. The minimum Gasteiger partial charge on any atom is -0.459 e. The maximum Gasteiger partial charge on any atom is 0.291 e. The fourth-order valence-corrected chi connectivity index (χ4v) is 4.09. The molecule has 1 aliphatic heterocycles. The molecule has 1 aliphatic rings. The Hall–Kier alpha value is -3.05. The lowest BCUT2D eigenvalue weighted by Crippen LogP contribution is -2.37. The molecule has 1 aromatic heterocycles. The van der Waals surface area contributed by atoms with Crippen molar-refractivity contribution < 1.29 is 14.0 Å². The molecule has 0 spiro atoms. The van der Waals surface area contributed by atoms with Crippen molar-refractivity contribution in [1.29, 1.82) is 0 Å². The van der Waals surface area contributed by atoms with Crippen molar-refractivity contribution in [3.05, 3.63) is 88.3 Å². The number of hydrogen-bond acceptors (Lipinski definition) is 3. The zero-order chi connectivity index (χ0) is 21.1. The third-order valence-corrected chi connectivity index (χ3v) is 5.90. The summed E-state index contributed by atoms with van der Waals surface area (Å²) < 4.78 is 5.15. The number of amides is 2. The van der Waals surface area contributed by atoms with E-state index in [-0.39, 0.29) is 23.6 Å². The van der Waals surface area contributed by atoms with Gasteiger partial charge >= 0.3 is 0 Å². The molecule has 2 aromatic carbocycles. The minimum absolute atomic E-state index is 0.0296. The number of furan rings is 1. The van der Waals surface area contributed by atoms with E-state index in [4.69, 9.17) is 16.0 Å². The SMILES string of the molecule is Cc1ccc(C(=O)N2CCCC2Cc2ccccc2Cl)cc1NC(=O)c1ccco1. The van der Waals surface area contributed by atoms with E-state index < -0.39 is 0 Å². The first kappa shape index (κ1) is 20.2. The normalized spacial score (nSPS) is 15.9. The number of benzene rings is 2. The molecule has 0 saturated carbocycles. The molecule has 1 saturated heterocycles. The van der Waals surface area contributed by atoms with Crippen molar-refractivity contribution in [1.82, 2.24) is 4.90 Å². The summed E-state index contributed by atoms with van der Waals surface area (Å²) in [7, 11) is 0. The van der Waals surface area contributed by atoms with Crippen molar-refractivity contribution in [2.24, 2.45) is 0 Å². The van der Waals surface area contributed by atoms with Crippen molar-refractivity contribution in [2.45, 2.75) is 32.2 Å². The van der Waals surface area contributed by atoms with Crippen LogP contribution in [0.4, 0.5) is 5.69 Å². The van der Waals surface area contributed by atoms with E-state index in [9.17, 15) is 9.59 Å². The van der Waals surface area contributed by atoms with Crippen LogP contribution in [0, 0.1) is 6.92 Å². The minimum atomic E-state index is -0.342. The summed E-state index contributed by atoms with van der Waals surface area (Å²) in [5.41, 5.74) is 3.09. The van der Waals surface area contributed by atoms with Crippen LogP contribution in [0.25, 0.3) is 0 Å². The molecule has 1 N–H and O–H groups in total. The summed E-state index contributed by atoms with van der Waals surface area (Å²) in [5.74, 6) is -0.144. The van der Waals surface area contributed by atoms with E-state index in [1.54, 1.807) is 18.2 Å². The Morgan fingerprint density at radius 3 is 2.77 bits per heavy atom. The van der Waals surface area contributed by atoms with Crippen molar-refractivity contribution >= 4 is 29.1 Å². The molecule has 1 unspecified atom stereocenters. The molecule has 2 amide bonds. The number of nitrogens with one attached hydrogen (secondary N) is 1. The lowest BCUT2D eigenvalue weighted by Gasteiger charge is -2.25. The Bertz CT molecular complexity index is 1060. The van der Waals surface area contributed by atoms with Crippen LogP contribution in [-0.2, 0) is 6.42 Å². The van der Waals surface area contributed by atoms with Crippen LogP contribution in [0.1, 0.15) is 44.9 Å². The molecular formula is C24H23ClN2O3. The van der Waals surface area contributed by atoms with E-state index in [0.29, 0.717) is 11.3 Å². The van der Waals surface area contributed by atoms with Gasteiger partial charge in [-0.25, -0.2) is 0 Å². The topological polar surface area (TPSA) is 62.6 Å². The van der Waals surface area contributed by atoms with Crippen LogP contribution in [0.5, 0.6) is 0 Å². The molecule has 0 aliphatic carbocycles. The highest BCUT2D eigenvalue weighted by atomic mass is 35.5. The molecule has 0 bridgehead atoms. The Balaban J connectivity index is 1.52. The van der Waals surface area contributed by atoms with Gasteiger partial charge in [0, 0.05) is 28.9 Å². The second-order valence-electron chi connectivity index (χ2n) is 7.55. The van der Waals surface area contributed by atoms with Crippen LogP contribution in [0.3, 0.4) is 0 Å². The second kappa shape index (κ2) is 8.76. The number of hydrogen-bond donors (Lipinski definition) is 1. The van der Waals surface area contributed by atoms with Gasteiger partial charge in [-0.05, 0) is 67.6 Å². The highest BCUT2D eigenvalue weighted by molar-refractivity contribution is 6.31. The standard InChI is InChI=1S/C24H23ClN2O3/c1-16-10-11-18(15-21(16)26-23(28)22-9-5-13-30-22)24(29)27-12-4-7-19(27)14-17-6-2-3-8-20(17)25/h2-3,5-6,8-11,13,15,19H,4,7,12,14H2,1H3,(H,26,28). The fraction of sp³-hybridized carbons (Fsp3) is 0.250. The lowest BCUT2D eigenvalue weighted by molar-refractivity contribution is 0.0736. The molecule has 1 atom stereocenters. The Morgan fingerprint density at radius 2 is 2.00 bits per heavy atom. The summed E-state index contributed by atoms with van der Waals surface area (Å²) in [5, 5.41) is 3.57. The third-order valence-electron chi connectivity index (χ3n) is 5.53. The highest BCUT2D eigenvalue weighted by Gasteiger charge is 2.30. The van der Waals surface area contributed by atoms with Gasteiger partial charge in [0.1, 0.15) is 0 Å². The van der Waals surface area contributed by atoms with Crippen LogP contribution in [0.15, 0.2) is 65.3 Å². The molecule has 1 fully saturated rings. The van der Waals surface area contributed by atoms with Gasteiger partial charge in [-0.2, -0.15) is 0 Å². The molecule has 2 heterocycles. The van der Waals surface area contributed by atoms with E-state index in [1.165, 1.54) is 6.26 Å². The Kier molecular flexibility index (Phi) is 5.91. The van der Waals surface area contributed by atoms with Crippen molar-refractivity contribution in [2.75, 3.05) is 11.9 Å². The number of aryl methyl sites for hydroxylation is 1. The summed E-state index contributed by atoms with van der Waals surface area (Å²) in [6.07, 6.45) is 4.10. The summed E-state index contributed by atoms with van der Waals surface area (Å²) in [6.45, 7) is 2.61. The van der Waals surface area contributed by atoms with Crippen molar-refractivity contribution in [3.63, 3.8) is 0 Å². The first-order valence-corrected chi connectivity index (χ1v) is 10.4. The van der Waals surface area contributed by atoms with Crippen LogP contribution in [-0.4, -0.2) is 29.3 Å².